The Labute approximate surface area is 133 Å². The van der Waals surface area contributed by atoms with Crippen molar-refractivity contribution < 1.29 is 37.3 Å². The normalized spacial score (nSPS) is 10.5. The van der Waals surface area contributed by atoms with Crippen LogP contribution in [-0.2, 0) is 19.1 Å². The van der Waals surface area contributed by atoms with Crippen LogP contribution in [0.15, 0.2) is 0 Å². The van der Waals surface area contributed by atoms with E-state index < -0.39 is 12.1 Å². The number of ether oxygens (including phenoxy) is 2. The maximum atomic E-state index is 10.8. The minimum absolute atomic E-state index is 0.0357. The average Bonchev–Trinajstić information content (AvgIpc) is 2.41. The molecule has 0 rings (SSSR count). The van der Waals surface area contributed by atoms with Gasteiger partial charge >= 0.3 is 12.1 Å². The van der Waals surface area contributed by atoms with Crippen molar-refractivity contribution in [3.63, 3.8) is 0 Å². The van der Waals surface area contributed by atoms with Gasteiger partial charge in [-0.15, -0.1) is 0 Å². The molecular formula is C10H18F3IN2O5. The third kappa shape index (κ3) is 19.3. The van der Waals surface area contributed by atoms with Gasteiger partial charge in [0, 0.05) is 13.1 Å². The number of carboxylic acid groups (broad SMARTS) is 1. The number of nitrogens with two attached hydrogens (primary N) is 1. The fourth-order valence-electron chi connectivity index (χ4n) is 0.715. The highest BCUT2D eigenvalue weighted by molar-refractivity contribution is 14.1. The number of nitrogens with one attached hydrogen (secondary N) is 1. The van der Waals surface area contributed by atoms with Gasteiger partial charge in [0.1, 0.15) is 0 Å². The van der Waals surface area contributed by atoms with E-state index in [0.29, 0.717) is 43.9 Å². The van der Waals surface area contributed by atoms with Gasteiger partial charge in [0.15, 0.2) is 0 Å². The van der Waals surface area contributed by atoms with Gasteiger partial charge in [-0.2, -0.15) is 13.2 Å². The Kier molecular flexibility index (Phi) is 15.4. The number of aliphatic carboxylic acids is 1. The fraction of sp³-hybridized carbons (Fsp3) is 0.800. The zero-order valence-electron chi connectivity index (χ0n) is 11.1. The molecule has 0 unspecified atom stereocenters. The van der Waals surface area contributed by atoms with E-state index >= 15 is 0 Å². The summed E-state index contributed by atoms with van der Waals surface area (Å²) in [6.07, 6.45) is -5.08. The molecule has 0 aromatic carbocycles. The van der Waals surface area contributed by atoms with E-state index in [-0.39, 0.29) is 5.91 Å². The quantitative estimate of drug-likeness (QED) is 0.273. The molecule has 0 radical (unpaired) electrons. The van der Waals surface area contributed by atoms with Crippen molar-refractivity contribution in [3.8, 4) is 0 Å². The van der Waals surface area contributed by atoms with E-state index in [4.69, 9.17) is 25.1 Å². The van der Waals surface area contributed by atoms with Crippen LogP contribution in [-0.4, -0.2) is 67.1 Å². The molecule has 0 bridgehead atoms. The van der Waals surface area contributed by atoms with Gasteiger partial charge in [0.25, 0.3) is 0 Å². The highest BCUT2D eigenvalue weighted by atomic mass is 127. The Balaban J connectivity index is 0. The number of halogens is 4. The van der Waals surface area contributed by atoms with Gasteiger partial charge < -0.3 is 25.6 Å². The number of hydrogen-bond donors (Lipinski definition) is 3. The van der Waals surface area contributed by atoms with E-state index in [1.807, 2.05) is 22.6 Å². The summed E-state index contributed by atoms with van der Waals surface area (Å²) in [5.41, 5.74) is 5.23. The molecule has 0 heterocycles. The molecule has 126 valence electrons. The lowest BCUT2D eigenvalue weighted by Crippen LogP contribution is -2.28. The Morgan fingerprint density at radius 3 is 2.00 bits per heavy atom. The van der Waals surface area contributed by atoms with E-state index in [1.165, 1.54) is 0 Å². The molecule has 0 aliphatic carbocycles. The summed E-state index contributed by atoms with van der Waals surface area (Å²) < 4.78 is 42.5. The lowest BCUT2D eigenvalue weighted by atomic mass is 10.6. The van der Waals surface area contributed by atoms with Crippen molar-refractivity contribution in [1.29, 1.82) is 0 Å². The molecule has 4 N–H and O–H groups in total. The monoisotopic (exact) mass is 430 g/mol. The van der Waals surface area contributed by atoms with Gasteiger partial charge in [-0.05, 0) is 0 Å². The minimum Gasteiger partial charge on any atom is -0.475 e. The fourth-order valence-corrected chi connectivity index (χ4v) is 0.985. The molecule has 1 amide bonds. The summed E-state index contributed by atoms with van der Waals surface area (Å²) in [5.74, 6) is -2.72. The van der Waals surface area contributed by atoms with Crippen LogP contribution >= 0.6 is 22.6 Å². The highest BCUT2D eigenvalue weighted by Crippen LogP contribution is 2.13. The number of amides is 1. The smallest absolute Gasteiger partial charge is 0.475 e. The molecular weight excluding hydrogens is 412 g/mol. The molecule has 0 spiro atoms. The van der Waals surface area contributed by atoms with Crippen molar-refractivity contribution in [3.05, 3.63) is 0 Å². The molecule has 0 aromatic heterocycles. The number of carbonyl (C=O) groups is 2. The van der Waals surface area contributed by atoms with Gasteiger partial charge in [-0.3, -0.25) is 4.79 Å². The first kappa shape index (κ1) is 22.6. The number of alkyl halides is 4. The first-order valence-corrected chi connectivity index (χ1v) is 7.26. The van der Waals surface area contributed by atoms with Crippen LogP contribution in [0.2, 0.25) is 0 Å². The first-order chi connectivity index (χ1) is 9.75. The Hall–Kier alpha value is -0.660. The van der Waals surface area contributed by atoms with E-state index in [0.717, 1.165) is 0 Å². The predicted octanol–water partition coefficient (Wildman–Crippen LogP) is 0.163. The maximum absolute atomic E-state index is 10.8. The zero-order valence-corrected chi connectivity index (χ0v) is 13.3. The van der Waals surface area contributed by atoms with Gasteiger partial charge in [-0.25, -0.2) is 4.79 Å². The molecule has 0 atom stereocenters. The third-order valence-corrected chi connectivity index (χ3v) is 2.26. The van der Waals surface area contributed by atoms with Crippen molar-refractivity contribution in [2.24, 2.45) is 5.73 Å². The summed E-state index contributed by atoms with van der Waals surface area (Å²) in [7, 11) is 0. The second-order valence-corrected chi connectivity index (χ2v) is 4.06. The minimum atomic E-state index is -5.08. The summed E-state index contributed by atoms with van der Waals surface area (Å²) in [6.45, 7) is 3.27. The SMILES string of the molecule is NCCOCCOCCNC(=O)CI.O=C(O)C(F)(F)F. The van der Waals surface area contributed by atoms with Crippen LogP contribution in [0.3, 0.4) is 0 Å². The van der Waals surface area contributed by atoms with E-state index in [9.17, 15) is 18.0 Å². The van der Waals surface area contributed by atoms with Crippen LogP contribution in [0, 0.1) is 0 Å². The third-order valence-electron chi connectivity index (χ3n) is 1.57. The molecule has 11 heteroatoms. The van der Waals surface area contributed by atoms with Crippen LogP contribution in [0.4, 0.5) is 13.2 Å². The highest BCUT2D eigenvalue weighted by Gasteiger charge is 2.38. The standard InChI is InChI=1S/C8H17IN2O3.C2HF3O2/c9-7-8(12)11-2-4-14-6-5-13-3-1-10;3-2(4,5)1(6)7/h1-7,10H2,(H,11,12);(H,6,7). The zero-order chi connectivity index (χ0) is 16.7. The first-order valence-electron chi connectivity index (χ1n) is 5.74. The summed E-state index contributed by atoms with van der Waals surface area (Å²) >= 11 is 2.01. The Morgan fingerprint density at radius 2 is 1.62 bits per heavy atom. The second kappa shape index (κ2) is 14.3. The van der Waals surface area contributed by atoms with Gasteiger partial charge in [-0.1, -0.05) is 22.6 Å². The Morgan fingerprint density at radius 1 is 1.14 bits per heavy atom. The lowest BCUT2D eigenvalue weighted by Gasteiger charge is -2.05. The van der Waals surface area contributed by atoms with Gasteiger partial charge in [0.2, 0.25) is 5.91 Å². The van der Waals surface area contributed by atoms with Crippen LogP contribution in [0.25, 0.3) is 0 Å². The molecule has 21 heavy (non-hydrogen) atoms. The Bertz CT molecular complexity index is 292. The molecule has 0 fully saturated rings. The summed E-state index contributed by atoms with van der Waals surface area (Å²) in [4.78, 5) is 19.7. The molecule has 0 saturated heterocycles. The topological polar surface area (TPSA) is 111 Å². The second-order valence-electron chi connectivity index (χ2n) is 3.30. The summed E-state index contributed by atoms with van der Waals surface area (Å²) in [6, 6.07) is 0. The number of carboxylic acids is 1. The molecule has 7 nitrogen and oxygen atoms in total. The van der Waals surface area contributed by atoms with Crippen LogP contribution in [0.5, 0.6) is 0 Å². The molecule has 0 saturated carbocycles. The van der Waals surface area contributed by atoms with Crippen molar-refractivity contribution in [2.75, 3.05) is 43.9 Å². The van der Waals surface area contributed by atoms with E-state index in [2.05, 4.69) is 5.32 Å². The van der Waals surface area contributed by atoms with Crippen molar-refractivity contribution >= 4 is 34.5 Å². The van der Waals surface area contributed by atoms with Crippen molar-refractivity contribution in [2.45, 2.75) is 6.18 Å². The largest absolute Gasteiger partial charge is 0.490 e. The predicted molar refractivity (Wildman–Crippen MR) is 76.3 cm³/mol. The van der Waals surface area contributed by atoms with Crippen molar-refractivity contribution in [1.82, 2.24) is 5.32 Å². The summed E-state index contributed by atoms with van der Waals surface area (Å²) in [5, 5.41) is 9.83. The van der Waals surface area contributed by atoms with Crippen LogP contribution < -0.4 is 11.1 Å². The number of hydrogen-bond acceptors (Lipinski definition) is 5. The van der Waals surface area contributed by atoms with E-state index in [1.54, 1.807) is 0 Å². The molecule has 0 aliphatic heterocycles. The average molecular weight is 430 g/mol. The molecule has 0 aromatic rings. The molecule has 0 aliphatic rings. The number of rotatable bonds is 9. The maximum Gasteiger partial charge on any atom is 0.490 e. The van der Waals surface area contributed by atoms with Gasteiger partial charge in [0.05, 0.1) is 30.9 Å². The number of carbonyl (C=O) groups excluding carboxylic acids is 1. The lowest BCUT2D eigenvalue weighted by molar-refractivity contribution is -0.192. The van der Waals surface area contributed by atoms with Crippen LogP contribution in [0.1, 0.15) is 0 Å².